The Morgan fingerprint density at radius 1 is 1.12 bits per heavy atom. The average Bonchev–Trinajstić information content (AvgIpc) is 3.27. The third kappa shape index (κ3) is 8.47. The number of carbonyl (C=O) groups is 4. The second kappa shape index (κ2) is 13.7. The maximum atomic E-state index is 13.2. The molecule has 0 aromatic heterocycles. The average molecular weight is 484 g/mol. The molecule has 5 unspecified atom stereocenters. The minimum absolute atomic E-state index is 0.0760. The van der Waals surface area contributed by atoms with Crippen LogP contribution in [0.3, 0.4) is 0 Å². The number of nitrogens with two attached hydrogens (primary N) is 3. The van der Waals surface area contributed by atoms with Crippen molar-refractivity contribution in [1.29, 1.82) is 0 Å². The molecule has 0 saturated carbocycles. The number of carboxylic acids is 1. The van der Waals surface area contributed by atoms with Gasteiger partial charge in [-0.1, -0.05) is 34.1 Å². The van der Waals surface area contributed by atoms with Crippen LogP contribution in [0.5, 0.6) is 0 Å². The predicted octanol–water partition coefficient (Wildman–Crippen LogP) is -0.885. The lowest BCUT2D eigenvalue weighted by atomic mass is 9.98. The van der Waals surface area contributed by atoms with Gasteiger partial charge in [0.25, 0.3) is 0 Å². The van der Waals surface area contributed by atoms with Gasteiger partial charge in [-0.25, -0.2) is 4.79 Å². The Morgan fingerprint density at radius 2 is 1.76 bits per heavy atom. The number of likely N-dealkylation sites (tertiary alicyclic amines) is 1. The van der Waals surface area contributed by atoms with Gasteiger partial charge in [0.15, 0.2) is 5.96 Å². The molecule has 9 N–H and O–H groups in total. The Labute approximate surface area is 201 Å². The smallest absolute Gasteiger partial charge is 0.326 e. The van der Waals surface area contributed by atoms with E-state index in [9.17, 15) is 24.3 Å². The molecule has 5 atom stereocenters. The second-order valence-electron chi connectivity index (χ2n) is 9.18. The maximum Gasteiger partial charge on any atom is 0.326 e. The van der Waals surface area contributed by atoms with Crippen molar-refractivity contribution in [2.45, 2.75) is 84.0 Å². The number of rotatable bonds is 13. The van der Waals surface area contributed by atoms with Crippen LogP contribution in [0.1, 0.15) is 59.8 Å². The Kier molecular flexibility index (Phi) is 11.8. The number of carbonyl (C=O) groups excluding carboxylic acids is 3. The number of nitrogens with one attached hydrogen (secondary N) is 2. The highest BCUT2D eigenvalue weighted by Gasteiger charge is 2.39. The van der Waals surface area contributed by atoms with Crippen LogP contribution in [0.15, 0.2) is 4.99 Å². The summed E-state index contributed by atoms with van der Waals surface area (Å²) in [5.41, 5.74) is 16.7. The molecule has 12 nitrogen and oxygen atoms in total. The van der Waals surface area contributed by atoms with Gasteiger partial charge in [0.1, 0.15) is 18.1 Å². The number of amides is 3. The SMILES string of the molecule is CCC(C)C(N)C(=O)NC(CCCN=C(N)N)C(=O)NC(C(=O)N1CCCC1C(=O)O)C(C)C. The molecule has 1 heterocycles. The number of aliphatic imine (C=N–C) groups is 1. The molecule has 0 spiro atoms. The minimum Gasteiger partial charge on any atom is -0.480 e. The van der Waals surface area contributed by atoms with Crippen LogP contribution < -0.4 is 27.8 Å². The summed E-state index contributed by atoms with van der Waals surface area (Å²) in [7, 11) is 0. The lowest BCUT2D eigenvalue weighted by Gasteiger charge is -2.31. The first-order valence-corrected chi connectivity index (χ1v) is 11.9. The van der Waals surface area contributed by atoms with Gasteiger partial charge in [-0.15, -0.1) is 0 Å². The number of carboxylic acid groups (broad SMARTS) is 1. The summed E-state index contributed by atoms with van der Waals surface area (Å²) < 4.78 is 0. The van der Waals surface area contributed by atoms with Gasteiger partial charge < -0.3 is 37.8 Å². The molecule has 0 aliphatic carbocycles. The van der Waals surface area contributed by atoms with Gasteiger partial charge in [-0.3, -0.25) is 19.4 Å². The molecule has 194 valence electrons. The number of guanidine groups is 1. The van der Waals surface area contributed by atoms with Gasteiger partial charge in [-0.05, 0) is 37.5 Å². The van der Waals surface area contributed by atoms with E-state index in [4.69, 9.17) is 17.2 Å². The third-order valence-corrected chi connectivity index (χ3v) is 6.19. The van der Waals surface area contributed by atoms with E-state index >= 15 is 0 Å². The Morgan fingerprint density at radius 3 is 2.29 bits per heavy atom. The lowest BCUT2D eigenvalue weighted by Crippen LogP contribution is -2.58. The van der Waals surface area contributed by atoms with Gasteiger partial charge >= 0.3 is 5.97 Å². The van der Waals surface area contributed by atoms with Crippen molar-refractivity contribution in [3.05, 3.63) is 0 Å². The minimum atomic E-state index is -1.07. The van der Waals surface area contributed by atoms with Crippen molar-refractivity contribution in [3.8, 4) is 0 Å². The van der Waals surface area contributed by atoms with E-state index in [1.165, 1.54) is 4.90 Å². The van der Waals surface area contributed by atoms with E-state index in [0.717, 1.165) is 0 Å². The van der Waals surface area contributed by atoms with Crippen molar-refractivity contribution < 1.29 is 24.3 Å². The van der Waals surface area contributed by atoms with E-state index < -0.39 is 47.9 Å². The van der Waals surface area contributed by atoms with Crippen LogP contribution in [0, 0.1) is 11.8 Å². The van der Waals surface area contributed by atoms with Crippen molar-refractivity contribution in [2.75, 3.05) is 13.1 Å². The highest BCUT2D eigenvalue weighted by atomic mass is 16.4. The fraction of sp³-hybridized carbons (Fsp3) is 0.773. The van der Waals surface area contributed by atoms with Gasteiger partial charge in [0.05, 0.1) is 6.04 Å². The fourth-order valence-electron chi connectivity index (χ4n) is 3.79. The Bertz CT molecular complexity index is 754. The van der Waals surface area contributed by atoms with Crippen molar-refractivity contribution >= 4 is 29.7 Å². The van der Waals surface area contributed by atoms with Gasteiger partial charge in [0.2, 0.25) is 17.7 Å². The summed E-state index contributed by atoms with van der Waals surface area (Å²) in [6.45, 7) is 7.87. The summed E-state index contributed by atoms with van der Waals surface area (Å²) >= 11 is 0. The van der Waals surface area contributed by atoms with E-state index in [0.29, 0.717) is 32.2 Å². The molecular formula is C22H41N7O5. The summed E-state index contributed by atoms with van der Waals surface area (Å²) in [5.74, 6) is -2.99. The largest absolute Gasteiger partial charge is 0.480 e. The molecule has 0 radical (unpaired) electrons. The highest BCUT2D eigenvalue weighted by molar-refractivity contribution is 5.94. The molecule has 12 heteroatoms. The molecule has 3 amide bonds. The predicted molar refractivity (Wildman–Crippen MR) is 128 cm³/mol. The van der Waals surface area contributed by atoms with Crippen molar-refractivity contribution in [2.24, 2.45) is 34.0 Å². The molecular weight excluding hydrogens is 442 g/mol. The normalized spacial score (nSPS) is 19.1. The number of nitrogens with zero attached hydrogens (tertiary/aromatic N) is 2. The topological polar surface area (TPSA) is 206 Å². The molecule has 1 aliphatic rings. The fourth-order valence-corrected chi connectivity index (χ4v) is 3.79. The maximum absolute atomic E-state index is 13.2. The summed E-state index contributed by atoms with van der Waals surface area (Å²) in [6.07, 6.45) is 2.28. The second-order valence-corrected chi connectivity index (χ2v) is 9.18. The highest BCUT2D eigenvalue weighted by Crippen LogP contribution is 2.20. The van der Waals surface area contributed by atoms with Crippen LogP contribution >= 0.6 is 0 Å². The third-order valence-electron chi connectivity index (χ3n) is 6.19. The first-order chi connectivity index (χ1) is 15.9. The molecule has 1 saturated heterocycles. The van der Waals surface area contributed by atoms with Gasteiger partial charge in [-0.2, -0.15) is 0 Å². The summed E-state index contributed by atoms with van der Waals surface area (Å²) in [6, 6.07) is -3.59. The number of aliphatic carboxylic acids is 1. The van der Waals surface area contributed by atoms with E-state index in [1.54, 1.807) is 13.8 Å². The number of hydrogen-bond donors (Lipinski definition) is 6. The molecule has 34 heavy (non-hydrogen) atoms. The standard InChI is InChI=1S/C22H41N7O5/c1-5-13(4)16(23)19(31)27-14(8-6-10-26-22(24)25)18(30)28-17(12(2)3)20(32)29-11-7-9-15(29)21(33)34/h12-17H,5-11,23H2,1-4H3,(H,27,31)(H,28,30)(H,33,34)(H4,24,25,26). The first kappa shape index (κ1) is 29.1. The quantitative estimate of drug-likeness (QED) is 0.110. The molecule has 1 fully saturated rings. The summed E-state index contributed by atoms with van der Waals surface area (Å²) in [5, 5.41) is 14.8. The van der Waals surface area contributed by atoms with Crippen LogP contribution in [-0.4, -0.2) is 76.9 Å². The van der Waals surface area contributed by atoms with E-state index in [2.05, 4.69) is 15.6 Å². The lowest BCUT2D eigenvalue weighted by molar-refractivity contribution is -0.150. The van der Waals surface area contributed by atoms with Crippen molar-refractivity contribution in [3.63, 3.8) is 0 Å². The van der Waals surface area contributed by atoms with Crippen LogP contribution in [0.4, 0.5) is 0 Å². The zero-order chi connectivity index (χ0) is 26.0. The monoisotopic (exact) mass is 483 g/mol. The summed E-state index contributed by atoms with van der Waals surface area (Å²) in [4.78, 5) is 55.7. The molecule has 0 aromatic carbocycles. The zero-order valence-electron chi connectivity index (χ0n) is 20.6. The first-order valence-electron chi connectivity index (χ1n) is 11.9. The molecule has 0 aromatic rings. The molecule has 0 bridgehead atoms. The molecule has 1 aliphatic heterocycles. The van der Waals surface area contributed by atoms with E-state index in [-0.39, 0.29) is 30.8 Å². The van der Waals surface area contributed by atoms with Gasteiger partial charge in [0, 0.05) is 13.1 Å². The molecule has 1 rings (SSSR count). The van der Waals surface area contributed by atoms with E-state index in [1.807, 2.05) is 13.8 Å². The van der Waals surface area contributed by atoms with Crippen LogP contribution in [0.2, 0.25) is 0 Å². The Hall–Kier alpha value is -2.89. The van der Waals surface area contributed by atoms with Crippen LogP contribution in [0.25, 0.3) is 0 Å². The zero-order valence-corrected chi connectivity index (χ0v) is 20.6. The van der Waals surface area contributed by atoms with Crippen LogP contribution in [-0.2, 0) is 19.2 Å². The number of hydrogen-bond acceptors (Lipinski definition) is 6. The Balaban J connectivity index is 3.00. The van der Waals surface area contributed by atoms with Crippen molar-refractivity contribution in [1.82, 2.24) is 15.5 Å².